The molecule has 0 spiro atoms. The number of terminal acetylenes is 3. The Morgan fingerprint density at radius 3 is 0.810 bits per heavy atom. The van der Waals surface area contributed by atoms with Crippen molar-refractivity contribution in [1.29, 1.82) is 0 Å². The number of rotatable bonds is 51. The molecule has 126 heavy (non-hydrogen) atoms. The van der Waals surface area contributed by atoms with Crippen molar-refractivity contribution in [3.8, 4) is 37.0 Å². The molecule has 0 aliphatic heterocycles. The molecule has 684 valence electrons. The Bertz CT molecular complexity index is 4450. The van der Waals surface area contributed by atoms with E-state index in [2.05, 4.69) is 56.9 Å². The topological polar surface area (TPSA) is 306 Å². The van der Waals surface area contributed by atoms with Gasteiger partial charge < -0.3 is 46.0 Å². The van der Waals surface area contributed by atoms with E-state index in [1.807, 2.05) is 188 Å². The van der Waals surface area contributed by atoms with Crippen molar-refractivity contribution in [2.45, 2.75) is 237 Å². The number of hydrogen-bond donors (Lipinski definition) is 9. The molecule has 0 fully saturated rings. The van der Waals surface area contributed by atoms with Gasteiger partial charge in [0, 0.05) is 148 Å². The predicted molar refractivity (Wildman–Crippen MR) is 503 cm³/mol. The van der Waals surface area contributed by atoms with Crippen molar-refractivity contribution in [3.63, 3.8) is 0 Å². The zero-order chi connectivity index (χ0) is 93.2. The Balaban J connectivity index is 0.000000396. The largest absolute Gasteiger partial charge is 0.390 e. The molecule has 6 rings (SSSR count). The third kappa shape index (κ3) is 39.3. The molecule has 0 bridgehead atoms. The van der Waals surface area contributed by atoms with Gasteiger partial charge in [-0.15, -0.1) is 19.3 Å². The van der Waals surface area contributed by atoms with Crippen molar-refractivity contribution in [3.05, 3.63) is 212 Å². The van der Waals surface area contributed by atoms with Crippen molar-refractivity contribution in [2.75, 3.05) is 78.5 Å². The number of carbonyl (C=O) groups excluding carboxylic acids is 9. The first kappa shape index (κ1) is 107. The van der Waals surface area contributed by atoms with Crippen molar-refractivity contribution in [1.82, 2.24) is 62.0 Å². The molecule has 0 radical (unpaired) electrons. The second kappa shape index (κ2) is 59.0. The van der Waals surface area contributed by atoms with Crippen LogP contribution >= 0.6 is 0 Å². The third-order valence-electron chi connectivity index (χ3n) is 20.4. The van der Waals surface area contributed by atoms with Gasteiger partial charge in [-0.2, -0.15) is 0 Å². The molecule has 24 nitrogen and oxygen atoms in total. The minimum absolute atomic E-state index is 0.106. The molecular formula is C102H144N12O12. The standard InChI is InChI=1S/C35H50N4O4.C34H48N4O4.C33H46N4O4/c1-7-11-19-39(37-33(41)20-26(5)6)25-32(40)31(23-28-15-13-12-14-16-28)36-34(42)29-21-27(10-4)22-30(24-29)35(43)38(17-8-2)18-9-3;1-7-16-37(17-8-2)34(42)29-21-26(10-4)20-28(23-29)33(41)35-30(22-27-14-12-11-13-15-27)31(39)24-38(18-9-3)36-32(40)19-25(5)6;1-7-16-36(17-8-2)33(41)28-20-25(9-3)19-27(22-28)32(40)34-29(21-26-14-12-11-13-15-26)30(38)23-37(10-4)35-31(39)18-24(5)6/h4,12-16,21-22,24,26,31-32,40H,7-9,11,17-20,23,25H2,1-3,5-6H3,(H,36,42)(H,37,41);4,11-15,20-21,23,25,30-31,39H,7-9,16-19,22,24H2,1-3,5-6H3,(H,35,41)(H,36,40);3,11-15,19-20,22,24,29-30,38H,7-8,10,16-18,21,23H2,1-2,4-6H3,(H,34,40)(H,35,39). The third-order valence-corrected chi connectivity index (χ3v) is 20.4. The van der Waals surface area contributed by atoms with E-state index in [4.69, 9.17) is 19.3 Å². The van der Waals surface area contributed by atoms with E-state index < -0.39 is 54.2 Å². The number of amides is 9. The maximum Gasteiger partial charge on any atom is 0.253 e. The Labute approximate surface area is 751 Å². The fourth-order valence-corrected chi connectivity index (χ4v) is 14.3. The van der Waals surface area contributed by atoms with Gasteiger partial charge in [-0.25, -0.2) is 15.0 Å². The summed E-state index contributed by atoms with van der Waals surface area (Å²) in [5, 5.41) is 48.2. The number of benzene rings is 6. The molecule has 6 unspecified atom stereocenters. The zero-order valence-corrected chi connectivity index (χ0v) is 77.6. The first-order chi connectivity index (χ1) is 60.3. The van der Waals surface area contributed by atoms with Crippen LogP contribution in [0, 0.1) is 54.8 Å². The van der Waals surface area contributed by atoms with Crippen LogP contribution in [0.4, 0.5) is 0 Å². The number of aliphatic hydroxyl groups excluding tert-OH is 3. The van der Waals surface area contributed by atoms with Gasteiger partial charge in [0.25, 0.3) is 35.4 Å². The monoisotopic (exact) mass is 1730 g/mol. The lowest BCUT2D eigenvalue weighted by Gasteiger charge is -2.30. The summed E-state index contributed by atoms with van der Waals surface area (Å²) in [6.45, 7) is 35.6. The fourth-order valence-electron chi connectivity index (χ4n) is 14.3. The van der Waals surface area contributed by atoms with Crippen molar-refractivity contribution < 1.29 is 58.5 Å². The van der Waals surface area contributed by atoms with E-state index in [0.717, 1.165) is 74.5 Å². The molecule has 0 heterocycles. The van der Waals surface area contributed by atoms with Gasteiger partial charge in [-0.3, -0.25) is 59.4 Å². The van der Waals surface area contributed by atoms with Crippen LogP contribution in [0.5, 0.6) is 0 Å². The lowest BCUT2D eigenvalue weighted by molar-refractivity contribution is -0.128. The van der Waals surface area contributed by atoms with Crippen molar-refractivity contribution in [2.24, 2.45) is 17.8 Å². The van der Waals surface area contributed by atoms with Gasteiger partial charge >= 0.3 is 0 Å². The summed E-state index contributed by atoms with van der Waals surface area (Å²) in [7, 11) is 0. The van der Waals surface area contributed by atoms with Crippen LogP contribution in [0.2, 0.25) is 0 Å². The maximum atomic E-state index is 13.7. The molecule has 6 atom stereocenters. The smallest absolute Gasteiger partial charge is 0.253 e. The summed E-state index contributed by atoms with van der Waals surface area (Å²) in [6, 6.07) is 41.1. The van der Waals surface area contributed by atoms with Crippen LogP contribution in [-0.4, -0.2) is 213 Å². The van der Waals surface area contributed by atoms with Crippen LogP contribution in [0.25, 0.3) is 0 Å². The highest BCUT2D eigenvalue weighted by molar-refractivity contribution is 6.02. The Morgan fingerprint density at radius 2 is 0.571 bits per heavy atom. The first-order valence-electron chi connectivity index (χ1n) is 45.3. The number of hydrogen-bond acceptors (Lipinski definition) is 15. The number of hydrazine groups is 3. The molecule has 0 aromatic heterocycles. The van der Waals surface area contributed by atoms with Gasteiger partial charge in [0.1, 0.15) is 0 Å². The van der Waals surface area contributed by atoms with Gasteiger partial charge in [-0.05, 0) is 160 Å². The van der Waals surface area contributed by atoms with E-state index in [0.29, 0.717) is 131 Å². The number of carbonyl (C=O) groups is 9. The lowest BCUT2D eigenvalue weighted by atomic mass is 9.99. The minimum atomic E-state index is -1.00. The van der Waals surface area contributed by atoms with E-state index in [9.17, 15) is 58.5 Å². The zero-order valence-electron chi connectivity index (χ0n) is 77.6. The molecule has 6 aromatic carbocycles. The first-order valence-corrected chi connectivity index (χ1v) is 45.3. The number of likely N-dealkylation sites (N-methyl/N-ethyl adjacent to an activating group) is 1. The summed E-state index contributed by atoms with van der Waals surface area (Å²) in [6.07, 6.45) is 23.8. The Hall–Kier alpha value is -11.0. The second-order valence-electron chi connectivity index (χ2n) is 33.4. The normalized spacial score (nSPS) is 12.5. The van der Waals surface area contributed by atoms with E-state index in [-0.39, 0.29) is 89.5 Å². The highest BCUT2D eigenvalue weighted by Crippen LogP contribution is 2.22. The molecule has 24 heteroatoms. The average Bonchev–Trinajstić information content (AvgIpc) is 0.827. The molecule has 0 aliphatic rings. The highest BCUT2D eigenvalue weighted by Gasteiger charge is 2.32. The van der Waals surface area contributed by atoms with Crippen molar-refractivity contribution >= 4 is 53.2 Å². The van der Waals surface area contributed by atoms with Gasteiger partial charge in [0.05, 0.1) is 36.4 Å². The molecular weight excluding hydrogens is 1590 g/mol. The summed E-state index contributed by atoms with van der Waals surface area (Å²) in [4.78, 5) is 124. The summed E-state index contributed by atoms with van der Waals surface area (Å²) in [5.74, 6) is 6.12. The van der Waals surface area contributed by atoms with Crippen LogP contribution < -0.4 is 32.2 Å². The van der Waals surface area contributed by atoms with E-state index >= 15 is 0 Å². The maximum absolute atomic E-state index is 13.7. The number of unbranched alkanes of at least 4 members (excludes halogenated alkanes) is 1. The second-order valence-corrected chi connectivity index (χ2v) is 33.4. The highest BCUT2D eigenvalue weighted by atomic mass is 16.3. The molecule has 9 amide bonds. The molecule has 6 aromatic rings. The lowest BCUT2D eigenvalue weighted by Crippen LogP contribution is -2.53. The fraction of sp³-hybridized carbons (Fsp3) is 0.500. The molecule has 9 N–H and O–H groups in total. The summed E-state index contributed by atoms with van der Waals surface area (Å²) in [5.41, 5.74) is 14.7. The number of aliphatic hydroxyl groups is 3. The Kier molecular flexibility index (Phi) is 50.3. The number of nitrogens with one attached hydrogen (secondary N) is 6. The van der Waals surface area contributed by atoms with Crippen LogP contribution in [-0.2, 0) is 33.6 Å². The SMILES string of the molecule is C#Cc1cc(C(=O)NC(Cc2ccccc2)C(O)CN(CC)NC(=O)CC(C)C)cc(C(=O)N(CCC)CCC)c1.C#Cc1cc(C(=O)NC(Cc2ccccc2)C(O)CN(CCC)NC(=O)CC(C)C)cc(C(=O)N(CCC)CCC)c1.C#Cc1cc(C(=O)NC(Cc2ccccc2)C(O)CN(CCCC)NC(=O)CC(C)C)cc(C(=O)N(CCC)CCC)c1. The molecule has 0 saturated carbocycles. The van der Waals surface area contributed by atoms with Gasteiger partial charge in [-0.1, -0.05) is 219 Å². The average molecular weight is 1730 g/mol. The molecule has 0 aliphatic carbocycles. The van der Waals surface area contributed by atoms with Crippen LogP contribution in [0.3, 0.4) is 0 Å². The van der Waals surface area contributed by atoms with E-state index in [1.54, 1.807) is 84.3 Å². The Morgan fingerprint density at radius 1 is 0.325 bits per heavy atom. The molecule has 0 saturated heterocycles. The van der Waals surface area contributed by atoms with Gasteiger partial charge in [0.15, 0.2) is 0 Å². The number of nitrogens with zero attached hydrogens (tertiary/aromatic N) is 6. The van der Waals surface area contributed by atoms with Gasteiger partial charge in [0.2, 0.25) is 17.7 Å². The van der Waals surface area contributed by atoms with Crippen LogP contribution in [0.1, 0.15) is 276 Å². The quantitative estimate of drug-likeness (QED) is 0.0127. The summed E-state index contributed by atoms with van der Waals surface area (Å²) >= 11 is 0. The summed E-state index contributed by atoms with van der Waals surface area (Å²) < 4.78 is 0. The minimum Gasteiger partial charge on any atom is -0.390 e. The van der Waals surface area contributed by atoms with E-state index in [1.165, 1.54) is 0 Å². The van der Waals surface area contributed by atoms with Crippen LogP contribution in [0.15, 0.2) is 146 Å². The predicted octanol–water partition coefficient (Wildman–Crippen LogP) is 13.3.